The van der Waals surface area contributed by atoms with Crippen LogP contribution in [-0.4, -0.2) is 17.3 Å². The predicted octanol–water partition coefficient (Wildman–Crippen LogP) is 3.65. The highest BCUT2D eigenvalue weighted by atomic mass is 19.1. The zero-order valence-corrected chi connectivity index (χ0v) is 13.2. The number of oxime groups is 1. The molecule has 0 radical (unpaired) electrons. The van der Waals surface area contributed by atoms with Crippen LogP contribution in [0.15, 0.2) is 17.3 Å². The molecular formula is C17H19F2NO3. The van der Waals surface area contributed by atoms with Crippen molar-refractivity contribution in [3.05, 3.63) is 34.9 Å². The smallest absolute Gasteiger partial charge is 0.354 e. The Hall–Kier alpha value is -1.98. The second-order valence-corrected chi connectivity index (χ2v) is 6.12. The van der Waals surface area contributed by atoms with Crippen LogP contribution in [-0.2, 0) is 21.0 Å². The molecule has 124 valence electrons. The zero-order valence-electron chi connectivity index (χ0n) is 13.2. The fraction of sp³-hybridized carbons (Fsp3) is 0.529. The molecule has 0 N–H and O–H groups in total. The molecule has 0 aromatic heterocycles. The number of ether oxygens (including phenoxy) is 1. The molecule has 0 amide bonds. The summed E-state index contributed by atoms with van der Waals surface area (Å²) in [6.07, 6.45) is 2.98. The van der Waals surface area contributed by atoms with Gasteiger partial charge in [0.15, 0.2) is 0 Å². The van der Waals surface area contributed by atoms with E-state index in [0.29, 0.717) is 12.0 Å². The average molecular weight is 323 g/mol. The fourth-order valence-corrected chi connectivity index (χ4v) is 3.49. The Bertz CT molecular complexity index is 651. The van der Waals surface area contributed by atoms with E-state index in [4.69, 9.17) is 9.57 Å². The van der Waals surface area contributed by atoms with Crippen molar-refractivity contribution in [2.75, 3.05) is 0 Å². The molecule has 2 aliphatic rings. The van der Waals surface area contributed by atoms with Crippen LogP contribution in [0.2, 0.25) is 0 Å². The highest BCUT2D eigenvalue weighted by Crippen LogP contribution is 2.45. The Morgan fingerprint density at radius 2 is 2.26 bits per heavy atom. The van der Waals surface area contributed by atoms with E-state index in [2.05, 4.69) is 5.16 Å². The minimum Gasteiger partial charge on any atom is -0.458 e. The van der Waals surface area contributed by atoms with E-state index in [1.807, 2.05) is 6.92 Å². The van der Waals surface area contributed by atoms with E-state index < -0.39 is 23.2 Å². The SMILES string of the molecule is CCC1=NOC2(C(=O)OCc3c(C)cc(F)cc3F)CCCC12. The van der Waals surface area contributed by atoms with Gasteiger partial charge in [-0.05, 0) is 37.8 Å². The molecule has 6 heteroatoms. The first-order valence-electron chi connectivity index (χ1n) is 7.84. The van der Waals surface area contributed by atoms with E-state index in [-0.39, 0.29) is 18.1 Å². The number of hydrogen-bond acceptors (Lipinski definition) is 4. The van der Waals surface area contributed by atoms with Gasteiger partial charge in [0, 0.05) is 18.1 Å². The molecule has 1 saturated carbocycles. The van der Waals surface area contributed by atoms with Gasteiger partial charge in [-0.3, -0.25) is 0 Å². The second-order valence-electron chi connectivity index (χ2n) is 6.12. The Labute approximate surface area is 133 Å². The van der Waals surface area contributed by atoms with Gasteiger partial charge >= 0.3 is 5.97 Å². The summed E-state index contributed by atoms with van der Waals surface area (Å²) >= 11 is 0. The molecule has 1 aliphatic heterocycles. The summed E-state index contributed by atoms with van der Waals surface area (Å²) in [7, 11) is 0. The van der Waals surface area contributed by atoms with Gasteiger partial charge in [-0.1, -0.05) is 12.1 Å². The Morgan fingerprint density at radius 1 is 1.48 bits per heavy atom. The summed E-state index contributed by atoms with van der Waals surface area (Å²) in [5, 5.41) is 4.03. The Balaban J connectivity index is 1.74. The molecule has 23 heavy (non-hydrogen) atoms. The van der Waals surface area contributed by atoms with Crippen LogP contribution in [0.25, 0.3) is 0 Å². The highest BCUT2D eigenvalue weighted by molar-refractivity contribution is 5.96. The number of hydrogen-bond donors (Lipinski definition) is 0. The van der Waals surface area contributed by atoms with E-state index in [0.717, 1.165) is 31.0 Å². The minimum absolute atomic E-state index is 0.0563. The first-order chi connectivity index (χ1) is 11.0. The molecule has 1 aromatic carbocycles. The largest absolute Gasteiger partial charge is 0.458 e. The summed E-state index contributed by atoms with van der Waals surface area (Å²) in [6.45, 7) is 3.31. The number of aryl methyl sites for hydroxylation is 1. The summed E-state index contributed by atoms with van der Waals surface area (Å²) in [5.41, 5.74) is 0.410. The molecule has 3 rings (SSSR count). The maximum absolute atomic E-state index is 13.8. The molecule has 4 nitrogen and oxygen atoms in total. The first kappa shape index (κ1) is 15.9. The summed E-state index contributed by atoms with van der Waals surface area (Å²) < 4.78 is 32.3. The second kappa shape index (κ2) is 5.91. The van der Waals surface area contributed by atoms with Crippen LogP contribution < -0.4 is 0 Å². The summed E-state index contributed by atoms with van der Waals surface area (Å²) in [4.78, 5) is 18.0. The van der Waals surface area contributed by atoms with Crippen LogP contribution in [0.5, 0.6) is 0 Å². The molecule has 0 spiro atoms. The van der Waals surface area contributed by atoms with Crippen LogP contribution in [0.3, 0.4) is 0 Å². The number of carbonyl (C=O) groups is 1. The van der Waals surface area contributed by atoms with Gasteiger partial charge < -0.3 is 9.57 Å². The third-order valence-corrected chi connectivity index (χ3v) is 4.77. The lowest BCUT2D eigenvalue weighted by molar-refractivity contribution is -0.173. The molecule has 2 unspecified atom stereocenters. The van der Waals surface area contributed by atoms with Crippen molar-refractivity contribution >= 4 is 11.7 Å². The van der Waals surface area contributed by atoms with Crippen LogP contribution >= 0.6 is 0 Å². The lowest BCUT2D eigenvalue weighted by Crippen LogP contribution is -2.44. The molecule has 1 aromatic rings. The summed E-state index contributed by atoms with van der Waals surface area (Å²) in [5.74, 6) is -1.94. The Kier molecular flexibility index (Phi) is 4.08. The van der Waals surface area contributed by atoms with Crippen molar-refractivity contribution in [3.8, 4) is 0 Å². The van der Waals surface area contributed by atoms with Gasteiger partial charge in [0.2, 0.25) is 5.60 Å². The quantitative estimate of drug-likeness (QED) is 0.795. The number of nitrogens with zero attached hydrogens (tertiary/aromatic N) is 1. The number of halogens is 2. The molecule has 1 aliphatic carbocycles. The van der Waals surface area contributed by atoms with Gasteiger partial charge in [-0.25, -0.2) is 13.6 Å². The predicted molar refractivity (Wildman–Crippen MR) is 79.8 cm³/mol. The first-order valence-corrected chi connectivity index (χ1v) is 7.84. The molecular weight excluding hydrogens is 304 g/mol. The van der Waals surface area contributed by atoms with Crippen LogP contribution in [0, 0.1) is 24.5 Å². The van der Waals surface area contributed by atoms with Crippen LogP contribution in [0.4, 0.5) is 8.78 Å². The standard InChI is InChI=1S/C17H19F2NO3/c1-3-15-13-5-4-6-17(13,23-20-15)16(21)22-9-12-10(2)7-11(18)8-14(12)19/h7-8,13H,3-6,9H2,1-2H3. The molecule has 0 bridgehead atoms. The van der Waals surface area contributed by atoms with Crippen molar-refractivity contribution in [1.82, 2.24) is 0 Å². The monoisotopic (exact) mass is 323 g/mol. The van der Waals surface area contributed by atoms with Crippen molar-refractivity contribution in [1.29, 1.82) is 0 Å². The van der Waals surface area contributed by atoms with Crippen molar-refractivity contribution in [3.63, 3.8) is 0 Å². The van der Waals surface area contributed by atoms with E-state index in [1.54, 1.807) is 6.92 Å². The third kappa shape index (κ3) is 2.60. The highest BCUT2D eigenvalue weighted by Gasteiger charge is 2.58. The number of rotatable bonds is 4. The van der Waals surface area contributed by atoms with Crippen molar-refractivity contribution < 1.29 is 23.1 Å². The topological polar surface area (TPSA) is 47.9 Å². The average Bonchev–Trinajstić information content (AvgIpc) is 3.05. The summed E-state index contributed by atoms with van der Waals surface area (Å²) in [6, 6.07) is 2.00. The van der Waals surface area contributed by atoms with Gasteiger partial charge in [0.1, 0.15) is 18.2 Å². The van der Waals surface area contributed by atoms with E-state index >= 15 is 0 Å². The van der Waals surface area contributed by atoms with Crippen molar-refractivity contribution in [2.45, 2.75) is 51.7 Å². The van der Waals surface area contributed by atoms with Gasteiger partial charge in [-0.15, -0.1) is 0 Å². The minimum atomic E-state index is -1.06. The maximum atomic E-state index is 13.8. The van der Waals surface area contributed by atoms with Gasteiger partial charge in [0.05, 0.1) is 11.6 Å². The molecule has 0 saturated heterocycles. The molecule has 1 fully saturated rings. The van der Waals surface area contributed by atoms with E-state index in [9.17, 15) is 13.6 Å². The fourth-order valence-electron chi connectivity index (χ4n) is 3.49. The van der Waals surface area contributed by atoms with E-state index in [1.165, 1.54) is 6.07 Å². The number of benzene rings is 1. The van der Waals surface area contributed by atoms with Crippen LogP contribution in [0.1, 0.15) is 43.7 Å². The third-order valence-electron chi connectivity index (χ3n) is 4.77. The molecule has 2 atom stereocenters. The Morgan fingerprint density at radius 3 is 2.96 bits per heavy atom. The number of esters is 1. The van der Waals surface area contributed by atoms with Crippen molar-refractivity contribution in [2.24, 2.45) is 11.1 Å². The molecule has 1 heterocycles. The normalized spacial score (nSPS) is 25.7. The number of carbonyl (C=O) groups excluding carboxylic acids is 1. The maximum Gasteiger partial charge on any atom is 0.354 e. The van der Waals surface area contributed by atoms with Gasteiger partial charge in [0.25, 0.3) is 0 Å². The lowest BCUT2D eigenvalue weighted by Gasteiger charge is -2.24. The zero-order chi connectivity index (χ0) is 16.6. The number of fused-ring (bicyclic) bond motifs is 1. The van der Waals surface area contributed by atoms with Gasteiger partial charge in [-0.2, -0.15) is 0 Å². The lowest BCUT2D eigenvalue weighted by atomic mass is 9.87.